The van der Waals surface area contributed by atoms with Gasteiger partial charge in [0, 0.05) is 11.6 Å². The summed E-state index contributed by atoms with van der Waals surface area (Å²) in [6, 6.07) is 4.02. The van der Waals surface area contributed by atoms with E-state index in [2.05, 4.69) is 31.2 Å². The molecule has 73 valence electrons. The molecule has 0 aliphatic rings. The highest BCUT2D eigenvalue weighted by molar-refractivity contribution is 6.32. The lowest BCUT2D eigenvalue weighted by Gasteiger charge is -2.03. The predicted octanol–water partition coefficient (Wildman–Crippen LogP) is 3.07. The molecule has 1 aromatic heterocycles. The zero-order valence-corrected chi connectivity index (χ0v) is 9.10. The Bertz CT molecular complexity index is 460. The molecule has 0 unspecified atom stereocenters. The number of aryl methyl sites for hydroxylation is 2. The third-order valence-electron chi connectivity index (χ3n) is 2.42. The number of hydrogen-bond acceptors (Lipinski definition) is 1. The number of benzene rings is 1. The van der Waals surface area contributed by atoms with Gasteiger partial charge in [-0.05, 0) is 31.0 Å². The number of nitrogens with zero attached hydrogens (tertiary/aromatic N) is 2. The molecule has 0 saturated heterocycles. The van der Waals surface area contributed by atoms with Crippen LogP contribution in [0.25, 0.3) is 11.0 Å². The molecule has 0 fully saturated rings. The lowest BCUT2D eigenvalue weighted by Crippen LogP contribution is -1.92. The number of imidazole rings is 1. The molecule has 2 nitrogen and oxygen atoms in total. The average Bonchev–Trinajstić information content (AvgIpc) is 2.58. The van der Waals surface area contributed by atoms with Crippen LogP contribution >= 0.6 is 11.6 Å². The highest BCUT2D eigenvalue weighted by Crippen LogP contribution is 2.23. The minimum Gasteiger partial charge on any atom is -0.322 e. The van der Waals surface area contributed by atoms with E-state index in [1.807, 2.05) is 10.6 Å². The van der Waals surface area contributed by atoms with E-state index in [1.54, 1.807) is 0 Å². The van der Waals surface area contributed by atoms with Gasteiger partial charge >= 0.3 is 0 Å². The van der Waals surface area contributed by atoms with E-state index < -0.39 is 0 Å². The first-order valence-corrected chi connectivity index (χ1v) is 5.20. The van der Waals surface area contributed by atoms with Gasteiger partial charge < -0.3 is 4.57 Å². The topological polar surface area (TPSA) is 17.8 Å². The van der Waals surface area contributed by atoms with Gasteiger partial charge in [0.15, 0.2) is 6.33 Å². The molecule has 2 rings (SSSR count). The summed E-state index contributed by atoms with van der Waals surface area (Å²) in [6.45, 7) is 5.07. The van der Waals surface area contributed by atoms with E-state index in [0.29, 0.717) is 0 Å². The fraction of sp³-hybridized carbons (Fsp3) is 0.364. The Labute approximate surface area is 88.5 Å². The van der Waals surface area contributed by atoms with Crippen LogP contribution in [0.4, 0.5) is 0 Å². The quantitative estimate of drug-likeness (QED) is 0.740. The van der Waals surface area contributed by atoms with Crippen LogP contribution in [0, 0.1) is 6.33 Å². The van der Waals surface area contributed by atoms with Crippen LogP contribution in [0.1, 0.15) is 19.4 Å². The molecular formula is C11H12ClN2. The molecule has 1 heterocycles. The van der Waals surface area contributed by atoms with Gasteiger partial charge in [-0.1, -0.05) is 18.5 Å². The summed E-state index contributed by atoms with van der Waals surface area (Å²) in [4.78, 5) is 4.18. The third-order valence-corrected chi connectivity index (χ3v) is 2.77. The Kier molecular flexibility index (Phi) is 2.46. The van der Waals surface area contributed by atoms with Gasteiger partial charge in [-0.25, -0.2) is 4.98 Å². The van der Waals surface area contributed by atoms with Crippen LogP contribution < -0.4 is 0 Å². The Morgan fingerprint density at radius 2 is 2.21 bits per heavy atom. The first kappa shape index (κ1) is 9.53. The molecule has 0 aliphatic heterocycles. The Balaban J connectivity index is 2.70. The molecule has 0 spiro atoms. The molecule has 3 heteroatoms. The molecule has 0 bridgehead atoms. The number of halogens is 1. The van der Waals surface area contributed by atoms with Crippen LogP contribution in [-0.4, -0.2) is 9.55 Å². The zero-order valence-electron chi connectivity index (χ0n) is 8.34. The van der Waals surface area contributed by atoms with Crippen LogP contribution in [0.2, 0.25) is 5.02 Å². The van der Waals surface area contributed by atoms with Crippen molar-refractivity contribution < 1.29 is 0 Å². The molecular weight excluding hydrogens is 196 g/mol. The lowest BCUT2D eigenvalue weighted by atomic mass is 10.1. The molecule has 0 N–H and O–H groups in total. The number of rotatable bonds is 2. The second-order valence-electron chi connectivity index (χ2n) is 3.24. The maximum atomic E-state index is 6.09. The summed E-state index contributed by atoms with van der Waals surface area (Å²) < 4.78 is 2.00. The van der Waals surface area contributed by atoms with Crippen molar-refractivity contribution in [2.24, 2.45) is 0 Å². The fourth-order valence-electron chi connectivity index (χ4n) is 1.58. The minimum absolute atomic E-state index is 0.801. The van der Waals surface area contributed by atoms with Crippen LogP contribution in [0.5, 0.6) is 0 Å². The highest BCUT2D eigenvalue weighted by Gasteiger charge is 2.06. The summed E-state index contributed by atoms with van der Waals surface area (Å²) in [5.74, 6) is 0. The van der Waals surface area contributed by atoms with Crippen LogP contribution in [0.3, 0.4) is 0 Å². The maximum absolute atomic E-state index is 6.09. The van der Waals surface area contributed by atoms with E-state index in [9.17, 15) is 0 Å². The molecule has 0 atom stereocenters. The van der Waals surface area contributed by atoms with Gasteiger partial charge in [0.1, 0.15) is 0 Å². The van der Waals surface area contributed by atoms with E-state index >= 15 is 0 Å². The Hall–Kier alpha value is -1.02. The van der Waals surface area contributed by atoms with Crippen LogP contribution in [0.15, 0.2) is 12.1 Å². The fourth-order valence-corrected chi connectivity index (χ4v) is 1.87. The first-order valence-electron chi connectivity index (χ1n) is 4.82. The van der Waals surface area contributed by atoms with E-state index in [4.69, 9.17) is 11.6 Å². The monoisotopic (exact) mass is 207 g/mol. The minimum atomic E-state index is 0.801. The van der Waals surface area contributed by atoms with Crippen molar-refractivity contribution in [3.05, 3.63) is 29.0 Å². The lowest BCUT2D eigenvalue weighted by molar-refractivity contribution is 0.779. The summed E-state index contributed by atoms with van der Waals surface area (Å²) in [6.07, 6.45) is 3.90. The first-order chi connectivity index (χ1) is 6.76. The number of fused-ring (bicyclic) bond motifs is 1. The molecule has 0 amide bonds. The molecule has 0 aliphatic carbocycles. The van der Waals surface area contributed by atoms with Crippen molar-refractivity contribution >= 4 is 22.6 Å². The molecule has 1 aromatic carbocycles. The van der Waals surface area contributed by atoms with E-state index in [-0.39, 0.29) is 0 Å². The van der Waals surface area contributed by atoms with Crippen molar-refractivity contribution in [1.29, 1.82) is 0 Å². The smallest absolute Gasteiger partial charge is 0.177 e. The van der Waals surface area contributed by atoms with E-state index in [1.165, 1.54) is 5.56 Å². The van der Waals surface area contributed by atoms with E-state index in [0.717, 1.165) is 29.0 Å². The standard InChI is InChI=1S/C11H12ClN2/c1-3-8-5-11-10(6-9(8)12)13-7-14(11)4-2/h5-6H,3-4H2,1-2H3. The number of hydrogen-bond donors (Lipinski definition) is 0. The molecule has 14 heavy (non-hydrogen) atoms. The van der Waals surface area contributed by atoms with Crippen molar-refractivity contribution in [3.63, 3.8) is 0 Å². The van der Waals surface area contributed by atoms with Crippen LogP contribution in [-0.2, 0) is 13.0 Å². The number of aromatic nitrogens is 2. The highest BCUT2D eigenvalue weighted by atomic mass is 35.5. The van der Waals surface area contributed by atoms with Gasteiger partial charge in [-0.3, -0.25) is 0 Å². The third kappa shape index (κ3) is 1.40. The Morgan fingerprint density at radius 3 is 2.86 bits per heavy atom. The summed E-state index contributed by atoms with van der Waals surface area (Å²) in [5, 5.41) is 0.801. The normalized spacial score (nSPS) is 11.1. The summed E-state index contributed by atoms with van der Waals surface area (Å²) in [7, 11) is 0. The van der Waals surface area contributed by atoms with Gasteiger partial charge in [-0.2, -0.15) is 0 Å². The second kappa shape index (κ2) is 3.62. The summed E-state index contributed by atoms with van der Waals surface area (Å²) in [5.41, 5.74) is 3.21. The SMILES string of the molecule is CCc1cc2c(cc1Cl)n[c]n2CC. The Morgan fingerprint density at radius 1 is 1.43 bits per heavy atom. The summed E-state index contributed by atoms with van der Waals surface area (Å²) >= 11 is 6.09. The average molecular weight is 208 g/mol. The van der Waals surface area contributed by atoms with Gasteiger partial charge in [-0.15, -0.1) is 0 Å². The maximum Gasteiger partial charge on any atom is 0.177 e. The zero-order chi connectivity index (χ0) is 10.1. The van der Waals surface area contributed by atoms with Crippen molar-refractivity contribution in [2.45, 2.75) is 26.8 Å². The predicted molar refractivity (Wildman–Crippen MR) is 58.6 cm³/mol. The van der Waals surface area contributed by atoms with Gasteiger partial charge in [0.2, 0.25) is 0 Å². The molecule has 2 aromatic rings. The van der Waals surface area contributed by atoms with Crippen molar-refractivity contribution in [2.75, 3.05) is 0 Å². The molecule has 1 radical (unpaired) electrons. The second-order valence-corrected chi connectivity index (χ2v) is 3.65. The van der Waals surface area contributed by atoms with Gasteiger partial charge in [0.05, 0.1) is 11.0 Å². The van der Waals surface area contributed by atoms with Gasteiger partial charge in [0.25, 0.3) is 0 Å². The van der Waals surface area contributed by atoms with Crippen molar-refractivity contribution in [3.8, 4) is 0 Å². The molecule has 0 saturated carbocycles. The largest absolute Gasteiger partial charge is 0.322 e. The van der Waals surface area contributed by atoms with Crippen molar-refractivity contribution in [1.82, 2.24) is 9.55 Å².